The summed E-state index contributed by atoms with van der Waals surface area (Å²) in [5.74, 6) is -2.18. The van der Waals surface area contributed by atoms with Crippen molar-refractivity contribution in [1.29, 1.82) is 0 Å². The number of halogens is 3. The average molecular weight is 466 g/mol. The van der Waals surface area contributed by atoms with E-state index in [0.29, 0.717) is 28.4 Å². The number of aromatic nitrogens is 1. The predicted octanol–water partition coefficient (Wildman–Crippen LogP) is 5.82. The van der Waals surface area contributed by atoms with Gasteiger partial charge < -0.3 is 19.8 Å². The summed E-state index contributed by atoms with van der Waals surface area (Å²) in [5.41, 5.74) is 9.10. The van der Waals surface area contributed by atoms with Crippen molar-refractivity contribution in [2.75, 3.05) is 12.8 Å². The molecule has 0 aliphatic rings. The molecule has 0 aliphatic heterocycles. The van der Waals surface area contributed by atoms with Crippen molar-refractivity contribution < 1.29 is 27.4 Å². The number of nitrogens with two attached hydrogens (primary N) is 1. The van der Waals surface area contributed by atoms with E-state index < -0.39 is 23.4 Å². The average Bonchev–Trinajstić information content (AvgIpc) is 3.19. The zero-order valence-electron chi connectivity index (χ0n) is 18.4. The normalized spacial score (nSPS) is 10.9. The van der Waals surface area contributed by atoms with Gasteiger partial charge in [-0.05, 0) is 67.6 Å². The Labute approximate surface area is 194 Å². The molecule has 0 radical (unpaired) electrons. The first kappa shape index (κ1) is 23.0. The van der Waals surface area contributed by atoms with Crippen LogP contribution in [-0.2, 0) is 11.3 Å². The first-order valence-electron chi connectivity index (χ1n) is 10.3. The van der Waals surface area contributed by atoms with Gasteiger partial charge in [0.1, 0.15) is 29.8 Å². The highest BCUT2D eigenvalue weighted by molar-refractivity contribution is 5.91. The Hall–Kier alpha value is -4.20. The quantitative estimate of drug-likeness (QED) is 0.287. The molecule has 0 atom stereocenters. The van der Waals surface area contributed by atoms with Crippen molar-refractivity contribution in [3.8, 4) is 22.7 Å². The highest BCUT2D eigenvalue weighted by atomic mass is 19.1. The van der Waals surface area contributed by atoms with Gasteiger partial charge in [-0.25, -0.2) is 18.0 Å². The standard InChI is InChI=1S/C26H21F3N2O3/c1-15-3-7-24(31(15)21-10-17(26(32)33-2)9-20(30)13-21)22-11-18(27)6-8-25(22)34-14-16-4-5-19(28)12-23(16)29/h3-13H,14,30H2,1-2H3. The number of rotatable bonds is 6. The topological polar surface area (TPSA) is 66.5 Å². The van der Waals surface area contributed by atoms with Crippen LogP contribution in [0.15, 0.2) is 66.7 Å². The van der Waals surface area contributed by atoms with Crippen molar-refractivity contribution in [1.82, 2.24) is 4.57 Å². The number of carbonyl (C=O) groups is 1. The molecule has 1 aromatic heterocycles. The van der Waals surface area contributed by atoms with Crippen LogP contribution in [0, 0.1) is 24.4 Å². The van der Waals surface area contributed by atoms with Gasteiger partial charge in [-0.1, -0.05) is 0 Å². The van der Waals surface area contributed by atoms with Crippen LogP contribution >= 0.6 is 0 Å². The van der Waals surface area contributed by atoms with Crippen LogP contribution in [0.2, 0.25) is 0 Å². The summed E-state index contributed by atoms with van der Waals surface area (Å²) in [7, 11) is 1.28. The van der Waals surface area contributed by atoms with Crippen LogP contribution in [0.4, 0.5) is 18.9 Å². The van der Waals surface area contributed by atoms with Crippen molar-refractivity contribution in [3.63, 3.8) is 0 Å². The Bertz CT molecular complexity index is 1380. The second-order valence-corrected chi connectivity index (χ2v) is 7.67. The summed E-state index contributed by atoms with van der Waals surface area (Å²) in [5, 5.41) is 0. The molecule has 4 rings (SSSR count). The number of nitrogens with zero attached hydrogens (tertiary/aromatic N) is 1. The van der Waals surface area contributed by atoms with E-state index in [2.05, 4.69) is 0 Å². The highest BCUT2D eigenvalue weighted by Gasteiger charge is 2.18. The SMILES string of the molecule is COC(=O)c1cc(N)cc(-n2c(C)ccc2-c2cc(F)ccc2OCc2ccc(F)cc2F)c1. The first-order chi connectivity index (χ1) is 16.3. The molecule has 174 valence electrons. The van der Waals surface area contributed by atoms with Gasteiger partial charge in [-0.15, -0.1) is 0 Å². The molecule has 2 N–H and O–H groups in total. The molecule has 0 fully saturated rings. The van der Waals surface area contributed by atoms with Gasteiger partial charge >= 0.3 is 5.97 Å². The van der Waals surface area contributed by atoms with Gasteiger partial charge in [-0.2, -0.15) is 0 Å². The Kier molecular flexibility index (Phi) is 6.32. The number of benzene rings is 3. The molecule has 0 bridgehead atoms. The summed E-state index contributed by atoms with van der Waals surface area (Å²) in [6, 6.07) is 15.6. The number of ether oxygens (including phenoxy) is 2. The lowest BCUT2D eigenvalue weighted by Gasteiger charge is -2.17. The lowest BCUT2D eigenvalue weighted by Crippen LogP contribution is -2.07. The first-order valence-corrected chi connectivity index (χ1v) is 10.3. The molecule has 5 nitrogen and oxygen atoms in total. The highest BCUT2D eigenvalue weighted by Crippen LogP contribution is 2.35. The molecule has 0 spiro atoms. The van der Waals surface area contributed by atoms with Crippen LogP contribution < -0.4 is 10.5 Å². The fourth-order valence-electron chi connectivity index (χ4n) is 3.71. The molecular weight excluding hydrogens is 445 g/mol. The third-order valence-corrected chi connectivity index (χ3v) is 5.31. The van der Waals surface area contributed by atoms with E-state index >= 15 is 0 Å². The van der Waals surface area contributed by atoms with E-state index in [0.717, 1.165) is 17.8 Å². The lowest BCUT2D eigenvalue weighted by atomic mass is 10.1. The number of aryl methyl sites for hydroxylation is 1. The molecule has 34 heavy (non-hydrogen) atoms. The molecular formula is C26H21F3N2O3. The number of hydrogen-bond donors (Lipinski definition) is 1. The maximum Gasteiger partial charge on any atom is 0.337 e. The largest absolute Gasteiger partial charge is 0.488 e. The zero-order chi connectivity index (χ0) is 24.4. The predicted molar refractivity (Wildman–Crippen MR) is 122 cm³/mol. The maximum atomic E-state index is 14.3. The summed E-state index contributed by atoms with van der Waals surface area (Å²) < 4.78 is 54.0. The Morgan fingerprint density at radius 3 is 2.41 bits per heavy atom. The fourth-order valence-corrected chi connectivity index (χ4v) is 3.71. The number of methoxy groups -OCH3 is 1. The summed E-state index contributed by atoms with van der Waals surface area (Å²) >= 11 is 0. The third kappa shape index (κ3) is 4.61. The van der Waals surface area contributed by atoms with Crippen molar-refractivity contribution in [3.05, 3.63) is 101 Å². The van der Waals surface area contributed by atoms with Crippen molar-refractivity contribution >= 4 is 11.7 Å². The van der Waals surface area contributed by atoms with Crippen molar-refractivity contribution in [2.24, 2.45) is 0 Å². The van der Waals surface area contributed by atoms with Crippen LogP contribution in [-0.4, -0.2) is 17.6 Å². The van der Waals surface area contributed by atoms with Crippen LogP contribution in [0.5, 0.6) is 5.75 Å². The van der Waals surface area contributed by atoms with Crippen LogP contribution in [0.1, 0.15) is 21.6 Å². The minimum Gasteiger partial charge on any atom is -0.488 e. The smallest absolute Gasteiger partial charge is 0.337 e. The molecule has 0 saturated carbocycles. The summed E-state index contributed by atoms with van der Waals surface area (Å²) in [6.45, 7) is 1.66. The monoisotopic (exact) mass is 466 g/mol. The van der Waals surface area contributed by atoms with E-state index in [4.69, 9.17) is 15.2 Å². The Morgan fingerprint density at radius 2 is 1.68 bits per heavy atom. The number of esters is 1. The van der Waals surface area contributed by atoms with E-state index in [1.165, 1.54) is 37.4 Å². The van der Waals surface area contributed by atoms with E-state index in [9.17, 15) is 18.0 Å². The molecule has 3 aromatic carbocycles. The number of nitrogen functional groups attached to an aromatic ring is 1. The summed E-state index contributed by atoms with van der Waals surface area (Å²) in [4.78, 5) is 12.1. The number of hydrogen-bond acceptors (Lipinski definition) is 4. The zero-order valence-corrected chi connectivity index (χ0v) is 18.4. The Balaban J connectivity index is 1.78. The summed E-state index contributed by atoms with van der Waals surface area (Å²) in [6.07, 6.45) is 0. The molecule has 0 aliphatic carbocycles. The van der Waals surface area contributed by atoms with E-state index in [1.54, 1.807) is 22.8 Å². The fraction of sp³-hybridized carbons (Fsp3) is 0.115. The van der Waals surface area contributed by atoms with Gasteiger partial charge in [0.25, 0.3) is 0 Å². The third-order valence-electron chi connectivity index (χ3n) is 5.31. The van der Waals surface area contributed by atoms with E-state index in [-0.39, 0.29) is 17.7 Å². The number of anilines is 1. The van der Waals surface area contributed by atoms with Gasteiger partial charge in [-0.3, -0.25) is 0 Å². The van der Waals surface area contributed by atoms with Crippen molar-refractivity contribution in [2.45, 2.75) is 13.5 Å². The number of carbonyl (C=O) groups excluding carboxylic acids is 1. The van der Waals surface area contributed by atoms with E-state index in [1.807, 2.05) is 13.0 Å². The maximum absolute atomic E-state index is 14.3. The molecule has 4 aromatic rings. The molecule has 1 heterocycles. The van der Waals surface area contributed by atoms with Gasteiger partial charge in [0, 0.05) is 34.3 Å². The van der Waals surface area contributed by atoms with Gasteiger partial charge in [0.2, 0.25) is 0 Å². The second-order valence-electron chi connectivity index (χ2n) is 7.67. The minimum atomic E-state index is -0.738. The Morgan fingerprint density at radius 1 is 0.941 bits per heavy atom. The van der Waals surface area contributed by atoms with Crippen LogP contribution in [0.25, 0.3) is 16.9 Å². The minimum absolute atomic E-state index is 0.154. The lowest BCUT2D eigenvalue weighted by molar-refractivity contribution is 0.0600. The van der Waals surface area contributed by atoms with Gasteiger partial charge in [0.15, 0.2) is 0 Å². The molecule has 0 saturated heterocycles. The molecule has 0 unspecified atom stereocenters. The molecule has 0 amide bonds. The second kappa shape index (κ2) is 9.35. The van der Waals surface area contributed by atoms with Gasteiger partial charge in [0.05, 0.1) is 18.4 Å². The molecule has 8 heteroatoms. The van der Waals surface area contributed by atoms with Crippen LogP contribution in [0.3, 0.4) is 0 Å².